The molecule has 5 nitrogen and oxygen atoms in total. The van der Waals surface area contributed by atoms with Crippen LogP contribution < -0.4 is 15.2 Å². The molecule has 1 unspecified atom stereocenters. The number of halogens is 1. The molecule has 1 aromatic rings. The molecule has 1 atom stereocenters. The fourth-order valence-corrected chi connectivity index (χ4v) is 3.16. The van der Waals surface area contributed by atoms with E-state index >= 15 is 0 Å². The number of ether oxygens (including phenoxy) is 1. The smallest absolute Gasteiger partial charge is 0.244 e. The van der Waals surface area contributed by atoms with Crippen molar-refractivity contribution in [3.63, 3.8) is 0 Å². The van der Waals surface area contributed by atoms with Crippen LogP contribution in [0.15, 0.2) is 27.6 Å². The van der Waals surface area contributed by atoms with Gasteiger partial charge in [-0.3, -0.25) is 0 Å². The molecule has 108 valence electrons. The predicted molar refractivity (Wildman–Crippen MR) is 78.7 cm³/mol. The number of hydrogen-bond acceptors (Lipinski definition) is 4. The predicted octanol–water partition coefficient (Wildman–Crippen LogP) is 1.72. The van der Waals surface area contributed by atoms with Gasteiger partial charge in [0, 0.05) is 17.1 Å². The molecular weight excluding hydrogens is 332 g/mol. The zero-order valence-electron chi connectivity index (χ0n) is 11.2. The summed E-state index contributed by atoms with van der Waals surface area (Å²) in [5.41, 5.74) is 5.83. The van der Waals surface area contributed by atoms with E-state index < -0.39 is 10.0 Å². The van der Waals surface area contributed by atoms with E-state index in [9.17, 15) is 8.42 Å². The van der Waals surface area contributed by atoms with Crippen LogP contribution in [0.25, 0.3) is 0 Å². The Kier molecular flexibility index (Phi) is 5.79. The lowest BCUT2D eigenvalue weighted by Gasteiger charge is -2.17. The molecule has 1 rings (SSSR count). The number of rotatable bonds is 6. The number of nitrogens with two attached hydrogens (primary N) is 1. The zero-order chi connectivity index (χ0) is 14.6. The number of sulfonamides is 1. The minimum absolute atomic E-state index is 0.0975. The summed E-state index contributed by atoms with van der Waals surface area (Å²) in [4.78, 5) is 0.0975. The van der Waals surface area contributed by atoms with Crippen LogP contribution in [0.1, 0.15) is 13.8 Å². The van der Waals surface area contributed by atoms with Gasteiger partial charge in [0.2, 0.25) is 10.0 Å². The summed E-state index contributed by atoms with van der Waals surface area (Å²) in [6.07, 6.45) is 0. The lowest BCUT2D eigenvalue weighted by atomic mass is 10.1. The molecule has 0 spiro atoms. The number of hydrogen-bond donors (Lipinski definition) is 2. The van der Waals surface area contributed by atoms with E-state index in [-0.39, 0.29) is 23.4 Å². The van der Waals surface area contributed by atoms with Crippen molar-refractivity contribution in [2.45, 2.75) is 24.8 Å². The number of benzene rings is 1. The summed E-state index contributed by atoms with van der Waals surface area (Å²) in [6, 6.07) is 4.59. The molecule has 0 radical (unpaired) electrons. The van der Waals surface area contributed by atoms with Gasteiger partial charge in [0.25, 0.3) is 0 Å². The molecule has 1 aromatic carbocycles. The van der Waals surface area contributed by atoms with Gasteiger partial charge in [-0.1, -0.05) is 29.8 Å². The molecule has 3 N–H and O–H groups in total. The fraction of sp³-hybridized carbons (Fsp3) is 0.500. The van der Waals surface area contributed by atoms with Crippen LogP contribution in [-0.4, -0.2) is 28.1 Å². The maximum Gasteiger partial charge on any atom is 0.244 e. The van der Waals surface area contributed by atoms with Gasteiger partial charge >= 0.3 is 0 Å². The quantitative estimate of drug-likeness (QED) is 0.818. The Balaban J connectivity index is 2.97. The Hall–Kier alpha value is -0.630. The topological polar surface area (TPSA) is 81.4 Å². The zero-order valence-corrected chi connectivity index (χ0v) is 13.6. The van der Waals surface area contributed by atoms with Crippen LogP contribution in [0.5, 0.6) is 5.75 Å². The summed E-state index contributed by atoms with van der Waals surface area (Å²) in [7, 11) is -2.21. The highest BCUT2D eigenvalue weighted by atomic mass is 79.9. The van der Waals surface area contributed by atoms with Crippen LogP contribution >= 0.6 is 15.9 Å². The van der Waals surface area contributed by atoms with Crippen molar-refractivity contribution < 1.29 is 13.2 Å². The van der Waals surface area contributed by atoms with Gasteiger partial charge in [-0.25, -0.2) is 13.1 Å². The highest BCUT2D eigenvalue weighted by molar-refractivity contribution is 9.10. The molecule has 0 heterocycles. The van der Waals surface area contributed by atoms with Gasteiger partial charge < -0.3 is 10.5 Å². The van der Waals surface area contributed by atoms with Gasteiger partial charge in [-0.15, -0.1) is 0 Å². The van der Waals surface area contributed by atoms with Crippen molar-refractivity contribution in [2.75, 3.05) is 13.7 Å². The molecule has 0 saturated carbocycles. The summed E-state index contributed by atoms with van der Waals surface area (Å²) < 4.78 is 32.7. The van der Waals surface area contributed by atoms with Crippen LogP contribution in [0.3, 0.4) is 0 Å². The van der Waals surface area contributed by atoms with Crippen molar-refractivity contribution in [2.24, 2.45) is 11.7 Å². The molecule has 7 heteroatoms. The van der Waals surface area contributed by atoms with Crippen molar-refractivity contribution in [3.8, 4) is 5.75 Å². The normalized spacial score (nSPS) is 13.6. The Morgan fingerprint density at radius 2 is 2.05 bits per heavy atom. The van der Waals surface area contributed by atoms with Gasteiger partial charge in [0.15, 0.2) is 0 Å². The Morgan fingerprint density at radius 1 is 1.42 bits per heavy atom. The molecule has 19 heavy (non-hydrogen) atoms. The first-order chi connectivity index (χ1) is 8.77. The maximum absolute atomic E-state index is 12.2. The van der Waals surface area contributed by atoms with Gasteiger partial charge in [0.05, 0.1) is 7.11 Å². The molecule has 0 aliphatic carbocycles. The third kappa shape index (κ3) is 4.45. The van der Waals surface area contributed by atoms with E-state index in [1.165, 1.54) is 13.2 Å². The Morgan fingerprint density at radius 3 is 2.58 bits per heavy atom. The van der Waals surface area contributed by atoms with Crippen LogP contribution in [0, 0.1) is 5.92 Å². The van der Waals surface area contributed by atoms with Gasteiger partial charge in [-0.2, -0.15) is 0 Å². The summed E-state index contributed by atoms with van der Waals surface area (Å²) in [5, 5.41) is 0. The first kappa shape index (κ1) is 16.4. The minimum atomic E-state index is -3.64. The van der Waals surface area contributed by atoms with Crippen LogP contribution in [0.2, 0.25) is 0 Å². The first-order valence-electron chi connectivity index (χ1n) is 5.86. The SMILES string of the molecule is COc1ccc(Br)cc1S(=O)(=O)NCC(N)C(C)C. The van der Waals surface area contributed by atoms with Gasteiger partial charge in [-0.05, 0) is 24.1 Å². The molecule has 0 aromatic heterocycles. The van der Waals surface area contributed by atoms with Crippen molar-refractivity contribution >= 4 is 26.0 Å². The Bertz CT molecular complexity index is 532. The largest absolute Gasteiger partial charge is 0.495 e. The summed E-state index contributed by atoms with van der Waals surface area (Å²) in [5.74, 6) is 0.501. The van der Waals surface area contributed by atoms with E-state index in [2.05, 4.69) is 20.7 Å². The van der Waals surface area contributed by atoms with Crippen molar-refractivity contribution in [1.29, 1.82) is 0 Å². The van der Waals surface area contributed by atoms with Crippen LogP contribution in [0.4, 0.5) is 0 Å². The number of nitrogens with one attached hydrogen (secondary N) is 1. The van der Waals surface area contributed by atoms with Crippen molar-refractivity contribution in [1.82, 2.24) is 4.72 Å². The van der Waals surface area contributed by atoms with Crippen molar-refractivity contribution in [3.05, 3.63) is 22.7 Å². The average molecular weight is 351 g/mol. The standard InChI is InChI=1S/C12H19BrN2O3S/c1-8(2)10(14)7-15-19(16,17)12-6-9(13)4-5-11(12)18-3/h4-6,8,10,15H,7,14H2,1-3H3. The monoisotopic (exact) mass is 350 g/mol. The summed E-state index contributed by atoms with van der Waals surface area (Å²) >= 11 is 3.25. The molecule has 0 aliphatic rings. The van der Waals surface area contributed by atoms with E-state index in [1.807, 2.05) is 13.8 Å². The van der Waals surface area contributed by atoms with Gasteiger partial charge in [0.1, 0.15) is 10.6 Å². The number of methoxy groups -OCH3 is 1. The minimum Gasteiger partial charge on any atom is -0.495 e. The average Bonchev–Trinajstić information content (AvgIpc) is 2.35. The van der Waals surface area contributed by atoms with E-state index in [0.29, 0.717) is 10.2 Å². The molecule has 0 saturated heterocycles. The lowest BCUT2D eigenvalue weighted by molar-refractivity contribution is 0.402. The molecule has 0 amide bonds. The third-order valence-corrected chi connectivity index (χ3v) is 4.72. The molecule has 0 fully saturated rings. The molecular formula is C12H19BrN2O3S. The van der Waals surface area contributed by atoms with E-state index in [1.54, 1.807) is 12.1 Å². The Labute approximate surface area is 122 Å². The maximum atomic E-state index is 12.2. The highest BCUT2D eigenvalue weighted by Crippen LogP contribution is 2.27. The summed E-state index contributed by atoms with van der Waals surface area (Å²) in [6.45, 7) is 4.08. The second-order valence-electron chi connectivity index (χ2n) is 4.55. The first-order valence-corrected chi connectivity index (χ1v) is 8.14. The lowest BCUT2D eigenvalue weighted by Crippen LogP contribution is -2.40. The highest BCUT2D eigenvalue weighted by Gasteiger charge is 2.21. The molecule has 0 aliphatic heterocycles. The van der Waals surface area contributed by atoms with Crippen LogP contribution in [-0.2, 0) is 10.0 Å². The second-order valence-corrected chi connectivity index (χ2v) is 7.21. The third-order valence-electron chi connectivity index (χ3n) is 2.78. The second kappa shape index (κ2) is 6.69. The fourth-order valence-electron chi connectivity index (χ4n) is 1.38. The van der Waals surface area contributed by atoms with E-state index in [4.69, 9.17) is 10.5 Å². The van der Waals surface area contributed by atoms with E-state index in [0.717, 1.165) is 0 Å². The molecule has 0 bridgehead atoms.